The van der Waals surface area contributed by atoms with Crippen molar-refractivity contribution in [3.05, 3.63) is 48.0 Å². The predicted octanol–water partition coefficient (Wildman–Crippen LogP) is 1.82. The molecule has 2 aromatic rings. The Kier molecular flexibility index (Phi) is 5.37. The van der Waals surface area contributed by atoms with Crippen LogP contribution in [0, 0.1) is 6.92 Å². The van der Waals surface area contributed by atoms with E-state index in [0.717, 1.165) is 6.07 Å². The lowest BCUT2D eigenvalue weighted by atomic mass is 10.2. The minimum Gasteiger partial charge on any atom is -0.326 e. The molecule has 1 fully saturated rings. The third-order valence-corrected chi connectivity index (χ3v) is 7.42. The van der Waals surface area contributed by atoms with Gasteiger partial charge >= 0.3 is 0 Å². The van der Waals surface area contributed by atoms with Crippen LogP contribution < -0.4 is 14.3 Å². The van der Waals surface area contributed by atoms with Gasteiger partial charge in [0.2, 0.25) is 21.8 Å². The van der Waals surface area contributed by atoms with Crippen LogP contribution in [0.1, 0.15) is 18.9 Å². The van der Waals surface area contributed by atoms with E-state index < -0.39 is 26.0 Å². The van der Waals surface area contributed by atoms with Crippen LogP contribution >= 0.6 is 0 Å². The number of amides is 2. The number of carbonyl (C=O) groups excluding carboxylic acids is 2. The Morgan fingerprint density at radius 2 is 1.79 bits per heavy atom. The van der Waals surface area contributed by atoms with E-state index in [1.54, 1.807) is 19.1 Å². The molecule has 0 spiro atoms. The number of aryl methyl sites for hydroxylation is 1. The van der Waals surface area contributed by atoms with Gasteiger partial charge < -0.3 is 5.32 Å². The first kappa shape index (κ1) is 20.8. The van der Waals surface area contributed by atoms with E-state index in [-0.39, 0.29) is 34.4 Å². The summed E-state index contributed by atoms with van der Waals surface area (Å²) in [6, 6.07) is 10.1. The fraction of sp³-hybridized carbons (Fsp3) is 0.222. The highest BCUT2D eigenvalue weighted by Crippen LogP contribution is 2.30. The molecule has 1 heterocycles. The number of carbonyl (C=O) groups is 2. The molecule has 29 heavy (non-hydrogen) atoms. The first-order valence-electron chi connectivity index (χ1n) is 8.56. The minimum absolute atomic E-state index is 0.0227. The first-order chi connectivity index (χ1) is 13.5. The summed E-state index contributed by atoms with van der Waals surface area (Å²) in [7, 11) is -7.90. The lowest BCUT2D eigenvalue weighted by molar-refractivity contribution is -0.116. The molecule has 0 bridgehead atoms. The van der Waals surface area contributed by atoms with E-state index in [1.807, 2.05) is 0 Å². The van der Waals surface area contributed by atoms with Crippen molar-refractivity contribution >= 4 is 48.9 Å². The SMILES string of the molecule is CC(=O)Nc1cccc(NS(=O)(=O)c2cc(N3C(=O)CCS3(=O)=O)ccc2C)c1. The van der Waals surface area contributed by atoms with Gasteiger partial charge in [-0.05, 0) is 42.8 Å². The van der Waals surface area contributed by atoms with Crippen LogP contribution in [0.15, 0.2) is 47.4 Å². The molecule has 1 aliphatic heterocycles. The van der Waals surface area contributed by atoms with E-state index in [1.165, 1.54) is 31.2 Å². The summed E-state index contributed by atoms with van der Waals surface area (Å²) < 4.78 is 53.2. The first-order valence-corrected chi connectivity index (χ1v) is 11.7. The highest BCUT2D eigenvalue weighted by molar-refractivity contribution is 7.94. The number of hydrogen-bond acceptors (Lipinski definition) is 6. The summed E-state index contributed by atoms with van der Waals surface area (Å²) >= 11 is 0. The Morgan fingerprint density at radius 1 is 1.10 bits per heavy atom. The molecule has 0 radical (unpaired) electrons. The lowest BCUT2D eigenvalue weighted by Crippen LogP contribution is -2.29. The Morgan fingerprint density at radius 3 is 2.41 bits per heavy atom. The Labute approximate surface area is 168 Å². The predicted molar refractivity (Wildman–Crippen MR) is 109 cm³/mol. The Hall–Kier alpha value is -2.92. The highest BCUT2D eigenvalue weighted by atomic mass is 32.2. The maximum Gasteiger partial charge on any atom is 0.262 e. The van der Waals surface area contributed by atoms with Gasteiger partial charge in [0, 0.05) is 19.0 Å². The number of nitrogens with one attached hydrogen (secondary N) is 2. The van der Waals surface area contributed by atoms with Crippen molar-refractivity contribution in [3.63, 3.8) is 0 Å². The second-order valence-corrected chi connectivity index (χ2v) is 10.1. The molecule has 2 amide bonds. The molecule has 11 heteroatoms. The number of rotatable bonds is 5. The number of benzene rings is 2. The normalized spacial score (nSPS) is 15.9. The van der Waals surface area contributed by atoms with Crippen molar-refractivity contribution in [3.8, 4) is 0 Å². The van der Waals surface area contributed by atoms with E-state index in [9.17, 15) is 26.4 Å². The summed E-state index contributed by atoms with van der Waals surface area (Å²) in [5, 5.41) is 2.56. The van der Waals surface area contributed by atoms with Crippen molar-refractivity contribution in [2.75, 3.05) is 20.1 Å². The largest absolute Gasteiger partial charge is 0.326 e. The maximum absolute atomic E-state index is 12.9. The van der Waals surface area contributed by atoms with Gasteiger partial charge in [0.25, 0.3) is 10.0 Å². The molecular formula is C18H19N3O6S2. The molecule has 0 saturated carbocycles. The van der Waals surface area contributed by atoms with Crippen LogP contribution in [0.5, 0.6) is 0 Å². The summed E-state index contributed by atoms with van der Waals surface area (Å²) in [6.45, 7) is 2.89. The maximum atomic E-state index is 12.9. The minimum atomic E-state index is -4.09. The number of sulfonamides is 2. The molecule has 154 valence electrons. The lowest BCUT2D eigenvalue weighted by Gasteiger charge is -2.18. The van der Waals surface area contributed by atoms with Crippen molar-refractivity contribution in [1.82, 2.24) is 0 Å². The molecule has 0 atom stereocenters. The zero-order chi connectivity index (χ0) is 21.4. The summed E-state index contributed by atoms with van der Waals surface area (Å²) in [5.74, 6) is -1.21. The molecule has 0 unspecified atom stereocenters. The Bertz CT molecular complexity index is 1210. The standard InChI is InChI=1S/C18H19N3O6S2/c1-12-6-7-16(21-18(23)8-9-28(21,24)25)11-17(12)29(26,27)20-15-5-3-4-14(10-15)19-13(2)22/h3-7,10-11,20H,8-9H2,1-2H3,(H,19,22). The molecule has 2 N–H and O–H groups in total. The van der Waals surface area contributed by atoms with E-state index in [2.05, 4.69) is 10.0 Å². The van der Waals surface area contributed by atoms with Crippen LogP contribution in [0.25, 0.3) is 0 Å². The van der Waals surface area contributed by atoms with Crippen molar-refractivity contribution in [2.24, 2.45) is 0 Å². The van der Waals surface area contributed by atoms with E-state index in [4.69, 9.17) is 0 Å². The third-order valence-electron chi connectivity index (χ3n) is 4.21. The van der Waals surface area contributed by atoms with Crippen molar-refractivity contribution < 1.29 is 26.4 Å². The second kappa shape index (κ2) is 7.48. The van der Waals surface area contributed by atoms with Gasteiger partial charge in [-0.3, -0.25) is 14.3 Å². The third kappa shape index (κ3) is 4.40. The number of nitrogens with zero attached hydrogens (tertiary/aromatic N) is 1. The van der Waals surface area contributed by atoms with Gasteiger partial charge in [-0.1, -0.05) is 12.1 Å². The molecule has 1 saturated heterocycles. The molecule has 0 aromatic heterocycles. The smallest absolute Gasteiger partial charge is 0.262 e. The average molecular weight is 437 g/mol. The van der Waals surface area contributed by atoms with Gasteiger partial charge in [0.1, 0.15) is 0 Å². The summed E-state index contributed by atoms with van der Waals surface area (Å²) in [4.78, 5) is 23.0. The van der Waals surface area contributed by atoms with Crippen LogP contribution in [-0.2, 0) is 29.6 Å². The number of anilines is 3. The van der Waals surface area contributed by atoms with E-state index in [0.29, 0.717) is 15.6 Å². The van der Waals surface area contributed by atoms with Crippen molar-refractivity contribution in [1.29, 1.82) is 0 Å². The van der Waals surface area contributed by atoms with E-state index >= 15 is 0 Å². The van der Waals surface area contributed by atoms with Crippen molar-refractivity contribution in [2.45, 2.75) is 25.2 Å². The zero-order valence-electron chi connectivity index (χ0n) is 15.7. The second-order valence-electron chi connectivity index (χ2n) is 6.54. The fourth-order valence-corrected chi connectivity index (χ4v) is 5.71. The molecule has 1 aliphatic rings. The quantitative estimate of drug-likeness (QED) is 0.734. The van der Waals surface area contributed by atoms with Gasteiger partial charge in [-0.15, -0.1) is 0 Å². The molecule has 9 nitrogen and oxygen atoms in total. The summed E-state index contributed by atoms with van der Waals surface area (Å²) in [5.41, 5.74) is 0.983. The number of hydrogen-bond donors (Lipinski definition) is 2. The van der Waals surface area contributed by atoms with Gasteiger partial charge in [-0.2, -0.15) is 0 Å². The summed E-state index contributed by atoms with van der Waals surface area (Å²) in [6.07, 6.45) is -0.146. The average Bonchev–Trinajstić information content (AvgIpc) is 2.88. The Balaban J connectivity index is 1.97. The molecule has 2 aromatic carbocycles. The van der Waals surface area contributed by atoms with Crippen LogP contribution in [0.3, 0.4) is 0 Å². The molecular weight excluding hydrogens is 418 g/mol. The fourth-order valence-electron chi connectivity index (χ4n) is 2.95. The topological polar surface area (TPSA) is 130 Å². The monoisotopic (exact) mass is 437 g/mol. The highest BCUT2D eigenvalue weighted by Gasteiger charge is 2.37. The molecule has 0 aliphatic carbocycles. The van der Waals surface area contributed by atoms with Gasteiger partial charge in [0.05, 0.1) is 22.0 Å². The molecule has 3 rings (SSSR count). The van der Waals surface area contributed by atoms with Gasteiger partial charge in [-0.25, -0.2) is 21.1 Å². The van der Waals surface area contributed by atoms with Crippen LogP contribution in [0.4, 0.5) is 17.1 Å². The van der Waals surface area contributed by atoms with Crippen LogP contribution in [0.2, 0.25) is 0 Å². The zero-order valence-corrected chi connectivity index (χ0v) is 17.3. The van der Waals surface area contributed by atoms with Gasteiger partial charge in [0.15, 0.2) is 0 Å². The van der Waals surface area contributed by atoms with Crippen LogP contribution in [-0.4, -0.2) is 34.4 Å².